The van der Waals surface area contributed by atoms with E-state index in [-0.39, 0.29) is 6.04 Å². The number of pyridine rings is 1. The first-order valence-electron chi connectivity index (χ1n) is 5.74. The van der Waals surface area contributed by atoms with Crippen LogP contribution in [0.25, 0.3) is 0 Å². The van der Waals surface area contributed by atoms with Gasteiger partial charge in [-0.05, 0) is 18.6 Å². The van der Waals surface area contributed by atoms with Crippen LogP contribution in [0.3, 0.4) is 0 Å². The lowest BCUT2D eigenvalue weighted by Gasteiger charge is -2.29. The molecular formula is C12H19N3O. The SMILES string of the molecule is Cc1ccc(C(N)CN2CCOCC2)cn1. The number of nitrogens with two attached hydrogens (primary N) is 1. The lowest BCUT2D eigenvalue weighted by Crippen LogP contribution is -2.40. The molecule has 2 heterocycles. The lowest BCUT2D eigenvalue weighted by atomic mass is 10.1. The van der Waals surface area contributed by atoms with Gasteiger partial charge in [-0.25, -0.2) is 0 Å². The average Bonchev–Trinajstić information content (AvgIpc) is 2.31. The van der Waals surface area contributed by atoms with Crippen LogP contribution in [-0.2, 0) is 4.74 Å². The minimum Gasteiger partial charge on any atom is -0.379 e. The van der Waals surface area contributed by atoms with Crippen LogP contribution >= 0.6 is 0 Å². The van der Waals surface area contributed by atoms with Crippen molar-refractivity contribution in [1.29, 1.82) is 0 Å². The predicted molar refractivity (Wildman–Crippen MR) is 63.2 cm³/mol. The number of morpholine rings is 1. The van der Waals surface area contributed by atoms with Gasteiger partial charge in [0.05, 0.1) is 13.2 Å². The number of aromatic nitrogens is 1. The summed E-state index contributed by atoms with van der Waals surface area (Å²) in [5, 5.41) is 0. The van der Waals surface area contributed by atoms with Crippen molar-refractivity contribution in [3.63, 3.8) is 0 Å². The fourth-order valence-electron chi connectivity index (χ4n) is 1.87. The van der Waals surface area contributed by atoms with Crippen LogP contribution in [0.1, 0.15) is 17.3 Å². The summed E-state index contributed by atoms with van der Waals surface area (Å²) in [6.45, 7) is 6.46. The van der Waals surface area contributed by atoms with E-state index in [9.17, 15) is 0 Å². The quantitative estimate of drug-likeness (QED) is 0.817. The molecular weight excluding hydrogens is 202 g/mol. The molecule has 0 saturated carbocycles. The zero-order chi connectivity index (χ0) is 11.4. The average molecular weight is 221 g/mol. The summed E-state index contributed by atoms with van der Waals surface area (Å²) in [6.07, 6.45) is 1.88. The van der Waals surface area contributed by atoms with Gasteiger partial charge in [-0.3, -0.25) is 9.88 Å². The first kappa shape index (κ1) is 11.5. The standard InChI is InChI=1S/C12H19N3O/c1-10-2-3-11(8-14-10)12(13)9-15-4-6-16-7-5-15/h2-3,8,12H,4-7,9,13H2,1H3. The third-order valence-electron chi connectivity index (χ3n) is 2.92. The van der Waals surface area contributed by atoms with Gasteiger partial charge in [-0.1, -0.05) is 6.07 Å². The van der Waals surface area contributed by atoms with Gasteiger partial charge >= 0.3 is 0 Å². The molecule has 16 heavy (non-hydrogen) atoms. The Labute approximate surface area is 96.4 Å². The second kappa shape index (κ2) is 5.39. The maximum Gasteiger partial charge on any atom is 0.0594 e. The molecule has 4 heteroatoms. The largest absolute Gasteiger partial charge is 0.379 e. The van der Waals surface area contributed by atoms with E-state index in [0.29, 0.717) is 0 Å². The van der Waals surface area contributed by atoms with E-state index in [4.69, 9.17) is 10.5 Å². The molecule has 1 aliphatic heterocycles. The summed E-state index contributed by atoms with van der Waals surface area (Å²) in [7, 11) is 0. The summed E-state index contributed by atoms with van der Waals surface area (Å²) in [6, 6.07) is 4.12. The molecule has 2 N–H and O–H groups in total. The second-order valence-electron chi connectivity index (χ2n) is 4.25. The van der Waals surface area contributed by atoms with E-state index in [1.54, 1.807) is 0 Å². The maximum absolute atomic E-state index is 6.15. The lowest BCUT2D eigenvalue weighted by molar-refractivity contribution is 0.0352. The van der Waals surface area contributed by atoms with Gasteiger partial charge in [-0.2, -0.15) is 0 Å². The fraction of sp³-hybridized carbons (Fsp3) is 0.583. The van der Waals surface area contributed by atoms with Gasteiger partial charge in [0, 0.05) is 37.6 Å². The Balaban J connectivity index is 1.91. The molecule has 1 saturated heterocycles. The Morgan fingerprint density at radius 2 is 2.19 bits per heavy atom. The summed E-state index contributed by atoms with van der Waals surface area (Å²) in [5.41, 5.74) is 8.29. The molecule has 0 amide bonds. The van der Waals surface area contributed by atoms with Crippen molar-refractivity contribution in [3.8, 4) is 0 Å². The number of ether oxygens (including phenoxy) is 1. The van der Waals surface area contributed by atoms with E-state index in [1.165, 1.54) is 0 Å². The van der Waals surface area contributed by atoms with Crippen molar-refractivity contribution in [1.82, 2.24) is 9.88 Å². The van der Waals surface area contributed by atoms with E-state index < -0.39 is 0 Å². The summed E-state index contributed by atoms with van der Waals surface area (Å²) >= 11 is 0. The normalized spacial score (nSPS) is 19.6. The molecule has 1 aromatic rings. The molecule has 0 aromatic carbocycles. The zero-order valence-corrected chi connectivity index (χ0v) is 9.72. The van der Waals surface area contributed by atoms with Crippen molar-refractivity contribution in [2.75, 3.05) is 32.8 Å². The van der Waals surface area contributed by atoms with E-state index in [1.807, 2.05) is 19.2 Å². The number of hydrogen-bond acceptors (Lipinski definition) is 4. The molecule has 2 rings (SSSR count). The van der Waals surface area contributed by atoms with Gasteiger partial charge in [0.2, 0.25) is 0 Å². The minimum absolute atomic E-state index is 0.0474. The van der Waals surface area contributed by atoms with Crippen molar-refractivity contribution in [2.45, 2.75) is 13.0 Å². The molecule has 1 atom stereocenters. The monoisotopic (exact) mass is 221 g/mol. The predicted octanol–water partition coefficient (Wildman–Crippen LogP) is 0.722. The molecule has 0 spiro atoms. The van der Waals surface area contributed by atoms with Crippen molar-refractivity contribution in [3.05, 3.63) is 29.6 Å². The molecule has 1 fully saturated rings. The first-order chi connectivity index (χ1) is 7.75. The number of aryl methyl sites for hydroxylation is 1. The van der Waals surface area contributed by atoms with Crippen LogP contribution in [0, 0.1) is 6.92 Å². The molecule has 1 aromatic heterocycles. The third kappa shape index (κ3) is 3.01. The van der Waals surface area contributed by atoms with Gasteiger partial charge in [-0.15, -0.1) is 0 Å². The van der Waals surface area contributed by atoms with Crippen LogP contribution in [0.15, 0.2) is 18.3 Å². The van der Waals surface area contributed by atoms with Crippen LogP contribution in [0.4, 0.5) is 0 Å². The molecule has 0 aliphatic carbocycles. The van der Waals surface area contributed by atoms with Crippen LogP contribution in [-0.4, -0.2) is 42.7 Å². The smallest absolute Gasteiger partial charge is 0.0594 e. The van der Waals surface area contributed by atoms with Crippen LogP contribution < -0.4 is 5.73 Å². The highest BCUT2D eigenvalue weighted by Gasteiger charge is 2.15. The number of hydrogen-bond donors (Lipinski definition) is 1. The van der Waals surface area contributed by atoms with Gasteiger partial charge in [0.15, 0.2) is 0 Å². The highest BCUT2D eigenvalue weighted by Crippen LogP contribution is 2.11. The van der Waals surface area contributed by atoms with E-state index >= 15 is 0 Å². The second-order valence-corrected chi connectivity index (χ2v) is 4.25. The molecule has 0 bridgehead atoms. The van der Waals surface area contributed by atoms with Crippen LogP contribution in [0.5, 0.6) is 0 Å². The maximum atomic E-state index is 6.15. The first-order valence-corrected chi connectivity index (χ1v) is 5.74. The summed E-state index contributed by atoms with van der Waals surface area (Å²) in [4.78, 5) is 6.61. The highest BCUT2D eigenvalue weighted by atomic mass is 16.5. The van der Waals surface area contributed by atoms with Gasteiger partial charge < -0.3 is 10.5 Å². The number of nitrogens with zero attached hydrogens (tertiary/aromatic N) is 2. The zero-order valence-electron chi connectivity index (χ0n) is 9.72. The minimum atomic E-state index is 0.0474. The Hall–Kier alpha value is -0.970. The highest BCUT2D eigenvalue weighted by molar-refractivity contribution is 5.17. The molecule has 1 unspecified atom stereocenters. The number of rotatable bonds is 3. The van der Waals surface area contributed by atoms with Gasteiger partial charge in [0.25, 0.3) is 0 Å². The van der Waals surface area contributed by atoms with Gasteiger partial charge in [0.1, 0.15) is 0 Å². The molecule has 1 aliphatic rings. The Morgan fingerprint density at radius 1 is 1.44 bits per heavy atom. The Morgan fingerprint density at radius 3 is 2.81 bits per heavy atom. The van der Waals surface area contributed by atoms with E-state index in [2.05, 4.69) is 16.0 Å². The molecule has 88 valence electrons. The van der Waals surface area contributed by atoms with Crippen molar-refractivity contribution >= 4 is 0 Å². The van der Waals surface area contributed by atoms with Crippen molar-refractivity contribution < 1.29 is 4.74 Å². The fourth-order valence-corrected chi connectivity index (χ4v) is 1.87. The molecule has 4 nitrogen and oxygen atoms in total. The molecule has 0 radical (unpaired) electrons. The summed E-state index contributed by atoms with van der Waals surface area (Å²) < 4.78 is 5.31. The summed E-state index contributed by atoms with van der Waals surface area (Å²) in [5.74, 6) is 0. The van der Waals surface area contributed by atoms with Crippen LogP contribution in [0.2, 0.25) is 0 Å². The Bertz CT molecular complexity index is 320. The van der Waals surface area contributed by atoms with E-state index in [0.717, 1.165) is 44.1 Å². The topological polar surface area (TPSA) is 51.4 Å². The Kier molecular flexibility index (Phi) is 3.88. The van der Waals surface area contributed by atoms with Crippen molar-refractivity contribution in [2.24, 2.45) is 5.73 Å². The third-order valence-corrected chi connectivity index (χ3v) is 2.92.